The van der Waals surface area contributed by atoms with Crippen LogP contribution >= 0.6 is 33.9 Å². The van der Waals surface area contributed by atoms with E-state index in [1.54, 1.807) is 11.2 Å². The van der Waals surface area contributed by atoms with Crippen LogP contribution in [0.25, 0.3) is 0 Å². The van der Waals surface area contributed by atoms with Gasteiger partial charge in [-0.05, 0) is 53.5 Å². The molecule has 2 aromatic heterocycles. The fraction of sp³-hybridized carbons (Fsp3) is 0.500. The van der Waals surface area contributed by atoms with E-state index in [1.165, 1.54) is 27.7 Å². The van der Waals surface area contributed by atoms with E-state index in [9.17, 15) is 0 Å². The molecule has 1 unspecified atom stereocenters. The van der Waals surface area contributed by atoms with Crippen LogP contribution in [0.1, 0.15) is 35.1 Å². The molecule has 96 valence electrons. The quantitative estimate of drug-likeness (QED) is 0.841. The van der Waals surface area contributed by atoms with E-state index in [-0.39, 0.29) is 0 Å². The Morgan fingerprint density at radius 1 is 1.61 bits per heavy atom. The van der Waals surface area contributed by atoms with Gasteiger partial charge in [0.05, 0.1) is 9.43 Å². The average molecular weight is 374 g/mol. The Hall–Kier alpha value is -0.470. The lowest BCUT2D eigenvalue weighted by molar-refractivity contribution is 0.452. The molecule has 0 saturated carbocycles. The van der Waals surface area contributed by atoms with Gasteiger partial charge < -0.3 is 9.88 Å². The normalized spacial score (nSPS) is 18.9. The number of hydrogen-bond donors (Lipinski definition) is 1. The summed E-state index contributed by atoms with van der Waals surface area (Å²) < 4.78 is 3.36. The van der Waals surface area contributed by atoms with Crippen molar-refractivity contribution in [3.05, 3.63) is 31.5 Å². The molecule has 0 spiro atoms. The van der Waals surface area contributed by atoms with Crippen molar-refractivity contribution in [1.29, 1.82) is 0 Å². The number of aromatic nitrogens is 3. The molecule has 4 nitrogen and oxygen atoms in total. The zero-order chi connectivity index (χ0) is 12.5. The largest absolute Gasteiger partial charge is 0.320 e. The minimum atomic E-state index is 0.477. The summed E-state index contributed by atoms with van der Waals surface area (Å²) in [7, 11) is 1.98. The van der Waals surface area contributed by atoms with Crippen LogP contribution in [0.4, 0.5) is 0 Å². The van der Waals surface area contributed by atoms with E-state index >= 15 is 0 Å². The highest BCUT2D eigenvalue weighted by Crippen LogP contribution is 2.36. The number of fused-ring (bicyclic) bond motifs is 1. The summed E-state index contributed by atoms with van der Waals surface area (Å²) >= 11 is 4.35. The number of thiophene rings is 1. The van der Waals surface area contributed by atoms with E-state index in [4.69, 9.17) is 0 Å². The van der Waals surface area contributed by atoms with Gasteiger partial charge in [-0.2, -0.15) is 0 Å². The SMILES string of the molecule is Cn1cnnc1CNC1CCCc2sc(I)cc21. The molecule has 3 rings (SSSR count). The lowest BCUT2D eigenvalue weighted by atomic mass is 9.94. The number of nitrogens with zero attached hydrogens (tertiary/aromatic N) is 3. The standard InChI is InChI=1S/C12H15IN4S/c1-17-7-15-16-12(17)6-14-9-3-2-4-10-8(9)5-11(13)18-10/h5,7,9,14H,2-4,6H2,1H3. The summed E-state index contributed by atoms with van der Waals surface area (Å²) in [6, 6.07) is 2.80. The molecular formula is C12H15IN4S. The number of aryl methyl sites for hydroxylation is 2. The molecule has 0 fully saturated rings. The van der Waals surface area contributed by atoms with Crippen LogP contribution in [-0.4, -0.2) is 14.8 Å². The summed E-state index contributed by atoms with van der Waals surface area (Å²) in [5.74, 6) is 0.993. The van der Waals surface area contributed by atoms with Crippen molar-refractivity contribution < 1.29 is 0 Å². The summed E-state index contributed by atoms with van der Waals surface area (Å²) in [5.41, 5.74) is 1.50. The highest BCUT2D eigenvalue weighted by atomic mass is 127. The van der Waals surface area contributed by atoms with Gasteiger partial charge in [0.25, 0.3) is 0 Å². The minimum absolute atomic E-state index is 0.477. The number of nitrogens with one attached hydrogen (secondary N) is 1. The van der Waals surface area contributed by atoms with Crippen LogP contribution in [0.3, 0.4) is 0 Å². The lowest BCUT2D eigenvalue weighted by Crippen LogP contribution is -2.25. The Morgan fingerprint density at radius 2 is 2.50 bits per heavy atom. The predicted molar refractivity (Wildman–Crippen MR) is 80.6 cm³/mol. The van der Waals surface area contributed by atoms with E-state index in [1.807, 2.05) is 23.0 Å². The first-order valence-electron chi connectivity index (χ1n) is 6.08. The smallest absolute Gasteiger partial charge is 0.146 e. The molecule has 0 aromatic carbocycles. The van der Waals surface area contributed by atoms with Crippen molar-refractivity contribution in [2.24, 2.45) is 7.05 Å². The molecule has 0 radical (unpaired) electrons. The van der Waals surface area contributed by atoms with Crippen LogP contribution < -0.4 is 5.32 Å². The molecule has 0 bridgehead atoms. The van der Waals surface area contributed by atoms with Gasteiger partial charge in [0.2, 0.25) is 0 Å². The zero-order valence-corrected chi connectivity index (χ0v) is 13.2. The average Bonchev–Trinajstić information content (AvgIpc) is 2.91. The summed E-state index contributed by atoms with van der Waals surface area (Å²) in [6.07, 6.45) is 5.49. The topological polar surface area (TPSA) is 42.7 Å². The highest BCUT2D eigenvalue weighted by molar-refractivity contribution is 14.1. The third-order valence-electron chi connectivity index (χ3n) is 3.40. The third-order valence-corrected chi connectivity index (χ3v) is 5.37. The van der Waals surface area contributed by atoms with Gasteiger partial charge >= 0.3 is 0 Å². The molecule has 0 saturated heterocycles. The van der Waals surface area contributed by atoms with Crippen molar-refractivity contribution in [3.63, 3.8) is 0 Å². The molecule has 18 heavy (non-hydrogen) atoms. The van der Waals surface area contributed by atoms with Crippen molar-refractivity contribution in [2.45, 2.75) is 31.8 Å². The van der Waals surface area contributed by atoms with Gasteiger partial charge in [0, 0.05) is 18.0 Å². The van der Waals surface area contributed by atoms with E-state index in [2.05, 4.69) is 44.2 Å². The van der Waals surface area contributed by atoms with Gasteiger partial charge in [0.1, 0.15) is 12.2 Å². The Morgan fingerprint density at radius 3 is 3.28 bits per heavy atom. The lowest BCUT2D eigenvalue weighted by Gasteiger charge is -2.23. The summed E-state index contributed by atoms with van der Waals surface area (Å²) in [6.45, 7) is 0.785. The molecule has 1 aliphatic carbocycles. The van der Waals surface area contributed by atoms with E-state index < -0.39 is 0 Å². The molecule has 2 heterocycles. The Kier molecular flexibility index (Phi) is 3.67. The second kappa shape index (κ2) is 5.26. The maximum absolute atomic E-state index is 4.11. The molecule has 2 aromatic rings. The second-order valence-electron chi connectivity index (χ2n) is 4.61. The van der Waals surface area contributed by atoms with Crippen molar-refractivity contribution in [1.82, 2.24) is 20.1 Å². The first-order chi connectivity index (χ1) is 8.74. The van der Waals surface area contributed by atoms with Crippen molar-refractivity contribution >= 4 is 33.9 Å². The molecular weight excluding hydrogens is 359 g/mol. The maximum Gasteiger partial charge on any atom is 0.146 e. The maximum atomic E-state index is 4.11. The molecule has 1 aliphatic rings. The number of halogens is 1. The molecule has 0 aliphatic heterocycles. The first-order valence-corrected chi connectivity index (χ1v) is 7.98. The van der Waals surface area contributed by atoms with Gasteiger partial charge in [-0.25, -0.2) is 0 Å². The molecule has 6 heteroatoms. The third kappa shape index (κ3) is 2.46. The number of rotatable bonds is 3. The molecule has 1 N–H and O–H groups in total. The molecule has 1 atom stereocenters. The van der Waals surface area contributed by atoms with Gasteiger partial charge in [-0.15, -0.1) is 21.5 Å². The minimum Gasteiger partial charge on any atom is -0.320 e. The zero-order valence-electron chi connectivity index (χ0n) is 10.2. The van der Waals surface area contributed by atoms with Crippen LogP contribution in [0, 0.1) is 2.88 Å². The first kappa shape index (κ1) is 12.6. The van der Waals surface area contributed by atoms with Gasteiger partial charge in [-0.1, -0.05) is 0 Å². The van der Waals surface area contributed by atoms with Gasteiger partial charge in [-0.3, -0.25) is 0 Å². The van der Waals surface area contributed by atoms with Gasteiger partial charge in [0.15, 0.2) is 0 Å². The highest BCUT2D eigenvalue weighted by Gasteiger charge is 2.22. The van der Waals surface area contributed by atoms with Crippen LogP contribution in [0.15, 0.2) is 12.4 Å². The van der Waals surface area contributed by atoms with Crippen molar-refractivity contribution in [3.8, 4) is 0 Å². The monoisotopic (exact) mass is 374 g/mol. The fourth-order valence-electron chi connectivity index (χ4n) is 2.42. The Labute approximate surface area is 124 Å². The van der Waals surface area contributed by atoms with E-state index in [0.717, 1.165) is 12.4 Å². The van der Waals surface area contributed by atoms with E-state index in [0.29, 0.717) is 6.04 Å². The summed E-state index contributed by atoms with van der Waals surface area (Å²) in [4.78, 5) is 1.56. The van der Waals surface area contributed by atoms with Crippen molar-refractivity contribution in [2.75, 3.05) is 0 Å². The predicted octanol–water partition coefficient (Wildman–Crippen LogP) is 2.65. The van der Waals surface area contributed by atoms with Crippen LogP contribution in [0.5, 0.6) is 0 Å². The molecule has 0 amide bonds. The van der Waals surface area contributed by atoms with Crippen LogP contribution in [-0.2, 0) is 20.0 Å². The summed E-state index contributed by atoms with van der Waals surface area (Å²) in [5, 5.41) is 11.6. The number of hydrogen-bond acceptors (Lipinski definition) is 4. The Balaban J connectivity index is 1.73. The second-order valence-corrected chi connectivity index (χ2v) is 7.64. The fourth-order valence-corrected chi connectivity index (χ4v) is 4.53. The van der Waals surface area contributed by atoms with Crippen LogP contribution in [0.2, 0.25) is 0 Å². The Bertz CT molecular complexity index is 548.